The number of nitrogens with one attached hydrogen (secondary N) is 1. The molecule has 2 aliphatic rings. The molecule has 0 aliphatic carbocycles. The monoisotopic (exact) mass is 483 g/mol. The summed E-state index contributed by atoms with van der Waals surface area (Å²) in [7, 11) is 0. The number of carbonyl (C=O) groups is 2. The molecule has 5 nitrogen and oxygen atoms in total. The fourth-order valence-electron chi connectivity index (χ4n) is 6.10. The summed E-state index contributed by atoms with van der Waals surface area (Å²) in [6, 6.07) is 25.9. The van der Waals surface area contributed by atoms with Gasteiger partial charge in [-0.15, -0.1) is 0 Å². The second-order valence-electron chi connectivity index (χ2n) is 10.5. The summed E-state index contributed by atoms with van der Waals surface area (Å²) >= 11 is 0. The maximum Gasteiger partial charge on any atom is 0.225 e. The fraction of sp³-hybridized carbons (Fsp3) is 0.419. The Balaban J connectivity index is 1.28. The van der Waals surface area contributed by atoms with Crippen LogP contribution in [-0.4, -0.2) is 54.3 Å². The number of hydrogen-bond acceptors (Lipinski definition) is 3. The van der Waals surface area contributed by atoms with E-state index in [9.17, 15) is 9.59 Å². The van der Waals surface area contributed by atoms with Crippen molar-refractivity contribution in [2.24, 2.45) is 11.8 Å². The predicted molar refractivity (Wildman–Crippen MR) is 145 cm³/mol. The molecule has 1 N–H and O–H groups in total. The molecule has 0 aromatic heterocycles. The molecule has 2 aliphatic heterocycles. The summed E-state index contributed by atoms with van der Waals surface area (Å²) in [5.74, 6) is 1.07. The number of likely N-dealkylation sites (tertiary alicyclic amines) is 2. The third kappa shape index (κ3) is 5.17. The van der Waals surface area contributed by atoms with Crippen molar-refractivity contribution in [2.45, 2.75) is 38.6 Å². The molecule has 5 heteroatoms. The number of hydrogen-bond donors (Lipinski definition) is 1. The van der Waals surface area contributed by atoms with Crippen molar-refractivity contribution in [3.05, 3.63) is 83.9 Å². The largest absolute Gasteiger partial charge is 0.343 e. The van der Waals surface area contributed by atoms with E-state index in [2.05, 4.69) is 89.9 Å². The number of piperidine rings is 1. The van der Waals surface area contributed by atoms with E-state index in [-0.39, 0.29) is 23.8 Å². The molecule has 2 unspecified atom stereocenters. The minimum absolute atomic E-state index is 0.0262. The third-order valence-corrected chi connectivity index (χ3v) is 8.25. The smallest absolute Gasteiger partial charge is 0.225 e. The van der Waals surface area contributed by atoms with Gasteiger partial charge in [-0.2, -0.15) is 0 Å². The van der Waals surface area contributed by atoms with Crippen LogP contribution in [0.3, 0.4) is 0 Å². The minimum atomic E-state index is 0.0262. The van der Waals surface area contributed by atoms with E-state index in [0.717, 1.165) is 32.5 Å². The maximum atomic E-state index is 13.5. The molecule has 0 radical (unpaired) electrons. The average molecular weight is 484 g/mol. The topological polar surface area (TPSA) is 52.7 Å². The Morgan fingerprint density at radius 3 is 2.33 bits per heavy atom. The number of amides is 2. The molecule has 3 aromatic rings. The van der Waals surface area contributed by atoms with E-state index < -0.39 is 0 Å². The SMILES string of the molecule is CC(=O)N1CCC(C(=O)N2CC(CN[C@H](C)c3cccc4ccccc34)C(c3ccccc3)C2)CC1. The molecular weight excluding hydrogens is 446 g/mol. The molecule has 5 rings (SSSR count). The zero-order valence-corrected chi connectivity index (χ0v) is 21.4. The lowest BCUT2D eigenvalue weighted by Crippen LogP contribution is -2.43. The van der Waals surface area contributed by atoms with Crippen LogP contribution in [-0.2, 0) is 9.59 Å². The highest BCUT2D eigenvalue weighted by molar-refractivity contribution is 5.86. The van der Waals surface area contributed by atoms with Crippen LogP contribution >= 0.6 is 0 Å². The predicted octanol–water partition coefficient (Wildman–Crippen LogP) is 4.99. The van der Waals surface area contributed by atoms with E-state index in [4.69, 9.17) is 0 Å². The van der Waals surface area contributed by atoms with Gasteiger partial charge in [-0.3, -0.25) is 9.59 Å². The average Bonchev–Trinajstić information content (AvgIpc) is 3.36. The van der Waals surface area contributed by atoms with Crippen molar-refractivity contribution in [3.63, 3.8) is 0 Å². The number of benzene rings is 3. The van der Waals surface area contributed by atoms with Crippen molar-refractivity contribution in [3.8, 4) is 0 Å². The standard InChI is InChI=1S/C31H37N3O2/c1-22(28-14-8-12-24-11-6-7-13-29(24)28)32-19-27-20-34(21-30(27)25-9-4-3-5-10-25)31(36)26-15-17-33(18-16-26)23(2)35/h3-14,22,26-27,30,32H,15-21H2,1-2H3/t22-,27?,30?/m1/s1. The molecule has 3 atom stereocenters. The van der Waals surface area contributed by atoms with Gasteiger partial charge in [0.25, 0.3) is 0 Å². The molecule has 2 saturated heterocycles. The first-order valence-electron chi connectivity index (χ1n) is 13.3. The van der Waals surface area contributed by atoms with Crippen LogP contribution in [0.4, 0.5) is 0 Å². The van der Waals surface area contributed by atoms with Crippen molar-refractivity contribution in [1.82, 2.24) is 15.1 Å². The van der Waals surface area contributed by atoms with Gasteiger partial charge < -0.3 is 15.1 Å². The summed E-state index contributed by atoms with van der Waals surface area (Å²) < 4.78 is 0. The van der Waals surface area contributed by atoms with Crippen molar-refractivity contribution in [1.29, 1.82) is 0 Å². The molecule has 2 fully saturated rings. The molecule has 3 aromatic carbocycles. The van der Waals surface area contributed by atoms with Gasteiger partial charge in [0.05, 0.1) is 0 Å². The van der Waals surface area contributed by atoms with Gasteiger partial charge in [-0.05, 0) is 47.6 Å². The van der Waals surface area contributed by atoms with E-state index in [0.29, 0.717) is 24.9 Å². The molecule has 0 spiro atoms. The Morgan fingerprint density at radius 2 is 1.58 bits per heavy atom. The first kappa shape index (κ1) is 24.5. The molecule has 2 heterocycles. The van der Waals surface area contributed by atoms with Crippen molar-refractivity contribution in [2.75, 3.05) is 32.7 Å². The summed E-state index contributed by atoms with van der Waals surface area (Å²) in [6.45, 7) is 7.64. The van der Waals surface area contributed by atoms with Crippen molar-refractivity contribution < 1.29 is 9.59 Å². The highest BCUT2D eigenvalue weighted by Gasteiger charge is 2.39. The fourth-order valence-corrected chi connectivity index (χ4v) is 6.10. The number of nitrogens with zero attached hydrogens (tertiary/aromatic N) is 2. The van der Waals surface area contributed by atoms with E-state index in [1.54, 1.807) is 6.92 Å². The van der Waals surface area contributed by atoms with Gasteiger partial charge in [0.15, 0.2) is 0 Å². The molecule has 2 amide bonds. The van der Waals surface area contributed by atoms with Crippen LogP contribution in [0.15, 0.2) is 72.8 Å². The molecule has 188 valence electrons. The second-order valence-corrected chi connectivity index (χ2v) is 10.5. The van der Waals surface area contributed by atoms with E-state index in [1.165, 1.54) is 21.9 Å². The zero-order chi connectivity index (χ0) is 25.1. The van der Waals surface area contributed by atoms with Gasteiger partial charge >= 0.3 is 0 Å². The van der Waals surface area contributed by atoms with Gasteiger partial charge in [0.2, 0.25) is 11.8 Å². The Labute approximate surface area is 214 Å². The van der Waals surface area contributed by atoms with Crippen LogP contribution in [0.25, 0.3) is 10.8 Å². The molecule has 36 heavy (non-hydrogen) atoms. The maximum absolute atomic E-state index is 13.5. The Hall–Kier alpha value is -3.18. The van der Waals surface area contributed by atoms with Crippen LogP contribution < -0.4 is 5.32 Å². The lowest BCUT2D eigenvalue weighted by molar-refractivity contribution is -0.139. The highest BCUT2D eigenvalue weighted by atomic mass is 16.2. The Bertz CT molecular complexity index is 1200. The lowest BCUT2D eigenvalue weighted by atomic mass is 9.88. The normalized spacial score (nSPS) is 21.6. The quantitative estimate of drug-likeness (QED) is 0.537. The Morgan fingerprint density at radius 1 is 0.889 bits per heavy atom. The number of rotatable bonds is 6. The molecular formula is C31H37N3O2. The van der Waals surface area contributed by atoms with Crippen LogP contribution in [0, 0.1) is 11.8 Å². The highest BCUT2D eigenvalue weighted by Crippen LogP contribution is 2.35. The summed E-state index contributed by atoms with van der Waals surface area (Å²) in [6.07, 6.45) is 1.54. The molecule has 0 bridgehead atoms. The minimum Gasteiger partial charge on any atom is -0.343 e. The third-order valence-electron chi connectivity index (χ3n) is 8.25. The van der Waals surface area contributed by atoms with Crippen molar-refractivity contribution >= 4 is 22.6 Å². The van der Waals surface area contributed by atoms with Crippen LogP contribution in [0.2, 0.25) is 0 Å². The molecule has 0 saturated carbocycles. The first-order chi connectivity index (χ1) is 17.5. The van der Waals surface area contributed by atoms with Gasteiger partial charge in [0.1, 0.15) is 0 Å². The second kappa shape index (κ2) is 10.8. The summed E-state index contributed by atoms with van der Waals surface area (Å²) in [5, 5.41) is 6.36. The number of carbonyl (C=O) groups excluding carboxylic acids is 2. The lowest BCUT2D eigenvalue weighted by Gasteiger charge is -2.32. The first-order valence-corrected chi connectivity index (χ1v) is 13.3. The zero-order valence-electron chi connectivity index (χ0n) is 21.4. The number of fused-ring (bicyclic) bond motifs is 1. The Kier molecular flexibility index (Phi) is 7.38. The van der Waals surface area contributed by atoms with Gasteiger partial charge in [0, 0.05) is 57.5 Å². The van der Waals surface area contributed by atoms with Crippen LogP contribution in [0.1, 0.15) is 49.8 Å². The van der Waals surface area contributed by atoms with E-state index >= 15 is 0 Å². The van der Waals surface area contributed by atoms with Gasteiger partial charge in [-0.25, -0.2) is 0 Å². The van der Waals surface area contributed by atoms with Gasteiger partial charge in [-0.1, -0.05) is 72.8 Å². The summed E-state index contributed by atoms with van der Waals surface area (Å²) in [5.41, 5.74) is 2.62. The summed E-state index contributed by atoms with van der Waals surface area (Å²) in [4.78, 5) is 29.2. The van der Waals surface area contributed by atoms with Crippen LogP contribution in [0.5, 0.6) is 0 Å². The van der Waals surface area contributed by atoms with E-state index in [1.807, 2.05) is 4.90 Å².